The molecule has 0 amide bonds. The van der Waals surface area contributed by atoms with Crippen LogP contribution in [0.2, 0.25) is 0 Å². The Labute approximate surface area is 178 Å². The molecule has 0 aliphatic rings. The first-order valence-electron chi connectivity index (χ1n) is 10.3. The zero-order chi connectivity index (χ0) is 20.4. The van der Waals surface area contributed by atoms with Crippen LogP contribution in [0.3, 0.4) is 0 Å². The number of benzene rings is 4. The van der Waals surface area contributed by atoms with Crippen molar-refractivity contribution in [2.24, 2.45) is 0 Å². The summed E-state index contributed by atoms with van der Waals surface area (Å²) in [5.74, 6) is 8.16. The van der Waals surface area contributed by atoms with E-state index in [2.05, 4.69) is 30.0 Å². The molecule has 0 bridgehead atoms. The van der Waals surface area contributed by atoms with Crippen LogP contribution in [0.5, 0.6) is 11.5 Å². The zero-order valence-electron chi connectivity index (χ0n) is 16.9. The molecular formula is C28H24O2. The van der Waals surface area contributed by atoms with Gasteiger partial charge in [-0.05, 0) is 60.7 Å². The summed E-state index contributed by atoms with van der Waals surface area (Å²) in [4.78, 5) is 0. The third-order valence-electron chi connectivity index (χ3n) is 4.79. The first-order chi connectivity index (χ1) is 14.9. The summed E-state index contributed by atoms with van der Waals surface area (Å²) in [5.41, 5.74) is 2.00. The molecule has 4 rings (SSSR count). The number of unbranched alkanes of at least 4 members (excludes halogenated alkanes) is 1. The fraction of sp³-hybridized carbons (Fsp3) is 0.143. The lowest BCUT2D eigenvalue weighted by atomic mass is 10.1. The van der Waals surface area contributed by atoms with Crippen LogP contribution in [0.4, 0.5) is 0 Å². The maximum atomic E-state index is 5.98. The van der Waals surface area contributed by atoms with Crippen molar-refractivity contribution >= 4 is 10.8 Å². The molecule has 0 unspecified atom stereocenters. The molecule has 4 aromatic carbocycles. The van der Waals surface area contributed by atoms with Crippen molar-refractivity contribution in [1.29, 1.82) is 0 Å². The van der Waals surface area contributed by atoms with E-state index in [-0.39, 0.29) is 0 Å². The van der Waals surface area contributed by atoms with Gasteiger partial charge in [0.15, 0.2) is 0 Å². The molecule has 0 spiro atoms. The van der Waals surface area contributed by atoms with Crippen LogP contribution in [0.1, 0.15) is 24.0 Å². The van der Waals surface area contributed by atoms with Gasteiger partial charge in [0.1, 0.15) is 11.5 Å². The summed E-state index contributed by atoms with van der Waals surface area (Å²) in [6.45, 7) is 1.36. The summed E-state index contributed by atoms with van der Waals surface area (Å²) in [7, 11) is 0. The minimum Gasteiger partial charge on any atom is -0.494 e. The average molecular weight is 392 g/mol. The van der Waals surface area contributed by atoms with Gasteiger partial charge in [-0.1, -0.05) is 66.4 Å². The van der Waals surface area contributed by atoms with Crippen LogP contribution < -0.4 is 9.47 Å². The molecule has 2 heteroatoms. The predicted octanol–water partition coefficient (Wildman–Crippen LogP) is 6.48. The number of fused-ring (bicyclic) bond motifs is 1. The van der Waals surface area contributed by atoms with Gasteiger partial charge in [-0.15, -0.1) is 0 Å². The zero-order valence-corrected chi connectivity index (χ0v) is 16.9. The van der Waals surface area contributed by atoms with Gasteiger partial charge < -0.3 is 9.47 Å². The van der Waals surface area contributed by atoms with Gasteiger partial charge in [0.25, 0.3) is 0 Å². The maximum Gasteiger partial charge on any atom is 0.127 e. The van der Waals surface area contributed by atoms with E-state index < -0.39 is 0 Å². The summed E-state index contributed by atoms with van der Waals surface area (Å²) >= 11 is 0. The van der Waals surface area contributed by atoms with Crippen LogP contribution in [0.15, 0.2) is 97.1 Å². The van der Waals surface area contributed by atoms with Gasteiger partial charge in [-0.3, -0.25) is 0 Å². The average Bonchev–Trinajstić information content (AvgIpc) is 2.81. The Bertz CT molecular complexity index is 1130. The Kier molecular flexibility index (Phi) is 6.66. The second-order valence-corrected chi connectivity index (χ2v) is 7.02. The first-order valence-corrected chi connectivity index (χ1v) is 10.3. The quantitative estimate of drug-likeness (QED) is 0.265. The lowest BCUT2D eigenvalue weighted by molar-refractivity contribution is 0.268. The van der Waals surface area contributed by atoms with Crippen molar-refractivity contribution in [3.8, 4) is 23.3 Å². The molecule has 148 valence electrons. The highest BCUT2D eigenvalue weighted by atomic mass is 16.5. The molecule has 0 saturated heterocycles. The van der Waals surface area contributed by atoms with Crippen LogP contribution in [0, 0.1) is 11.8 Å². The Morgan fingerprint density at radius 3 is 1.97 bits per heavy atom. The van der Waals surface area contributed by atoms with E-state index >= 15 is 0 Å². The molecule has 0 fully saturated rings. The predicted molar refractivity (Wildman–Crippen MR) is 123 cm³/mol. The number of ether oxygens (including phenoxy) is 2. The van der Waals surface area contributed by atoms with Crippen molar-refractivity contribution in [3.63, 3.8) is 0 Å². The normalized spacial score (nSPS) is 10.3. The second kappa shape index (κ2) is 10.2. The summed E-state index contributed by atoms with van der Waals surface area (Å²) in [5, 5.41) is 2.36. The molecule has 0 aliphatic heterocycles. The molecule has 0 aliphatic carbocycles. The van der Waals surface area contributed by atoms with Gasteiger partial charge >= 0.3 is 0 Å². The van der Waals surface area contributed by atoms with Crippen LogP contribution in [0.25, 0.3) is 10.8 Å². The van der Waals surface area contributed by atoms with Crippen molar-refractivity contribution in [3.05, 3.63) is 108 Å². The Morgan fingerprint density at radius 2 is 1.17 bits per heavy atom. The van der Waals surface area contributed by atoms with E-state index in [4.69, 9.17) is 9.47 Å². The van der Waals surface area contributed by atoms with E-state index in [1.165, 1.54) is 5.39 Å². The van der Waals surface area contributed by atoms with Crippen molar-refractivity contribution < 1.29 is 9.47 Å². The summed E-state index contributed by atoms with van der Waals surface area (Å²) in [6.07, 6.45) is 1.89. The fourth-order valence-corrected chi connectivity index (χ4v) is 3.20. The van der Waals surface area contributed by atoms with Crippen LogP contribution in [-0.2, 0) is 0 Å². The molecule has 2 nitrogen and oxygen atoms in total. The molecule has 0 heterocycles. The Hall–Kier alpha value is -3.70. The Balaban J connectivity index is 1.19. The van der Waals surface area contributed by atoms with Crippen LogP contribution in [-0.4, -0.2) is 13.2 Å². The van der Waals surface area contributed by atoms with E-state index in [1.807, 2.05) is 78.9 Å². The second-order valence-electron chi connectivity index (χ2n) is 7.02. The third kappa shape index (κ3) is 5.43. The van der Waals surface area contributed by atoms with Gasteiger partial charge in [0.2, 0.25) is 0 Å². The van der Waals surface area contributed by atoms with Crippen molar-refractivity contribution in [2.75, 3.05) is 13.2 Å². The maximum absolute atomic E-state index is 5.98. The standard InChI is InChI=1S/C28H24O2/c1-2-9-23(10-3-1)15-16-24-17-19-26(20-18-24)29-21-6-7-22-30-28-14-8-12-25-11-4-5-13-27(25)28/h1-5,8-14,17-20H,6-7,21-22H2. The smallest absolute Gasteiger partial charge is 0.127 e. The van der Waals surface area contributed by atoms with Crippen LogP contribution >= 0.6 is 0 Å². The SMILES string of the molecule is C(#Cc1ccc(OCCCCOc2cccc3ccccc23)cc1)c1ccccc1. The molecule has 0 atom stereocenters. The van der Waals surface area contributed by atoms with Gasteiger partial charge in [-0.25, -0.2) is 0 Å². The summed E-state index contributed by atoms with van der Waals surface area (Å²) < 4.78 is 11.8. The molecule has 0 radical (unpaired) electrons. The van der Waals surface area contributed by atoms with E-state index in [1.54, 1.807) is 0 Å². The van der Waals surface area contributed by atoms with Gasteiger partial charge in [-0.2, -0.15) is 0 Å². The lowest BCUT2D eigenvalue weighted by Gasteiger charge is -2.10. The summed E-state index contributed by atoms with van der Waals surface area (Å²) in [6, 6.07) is 32.4. The monoisotopic (exact) mass is 392 g/mol. The van der Waals surface area contributed by atoms with Crippen molar-refractivity contribution in [2.45, 2.75) is 12.8 Å². The number of hydrogen-bond acceptors (Lipinski definition) is 2. The number of rotatable bonds is 7. The molecule has 0 N–H and O–H groups in total. The van der Waals surface area contributed by atoms with Gasteiger partial charge in [0.05, 0.1) is 13.2 Å². The molecule has 0 aromatic heterocycles. The molecule has 30 heavy (non-hydrogen) atoms. The fourth-order valence-electron chi connectivity index (χ4n) is 3.20. The van der Waals surface area contributed by atoms with E-state index in [9.17, 15) is 0 Å². The minimum atomic E-state index is 0.675. The number of hydrogen-bond donors (Lipinski definition) is 0. The molecular weight excluding hydrogens is 368 g/mol. The topological polar surface area (TPSA) is 18.5 Å². The highest BCUT2D eigenvalue weighted by Gasteiger charge is 2.01. The third-order valence-corrected chi connectivity index (χ3v) is 4.79. The highest BCUT2D eigenvalue weighted by molar-refractivity contribution is 5.88. The molecule has 4 aromatic rings. The Morgan fingerprint density at radius 1 is 0.533 bits per heavy atom. The highest BCUT2D eigenvalue weighted by Crippen LogP contribution is 2.25. The van der Waals surface area contributed by atoms with E-state index in [0.717, 1.165) is 40.9 Å². The van der Waals surface area contributed by atoms with E-state index in [0.29, 0.717) is 13.2 Å². The first kappa shape index (κ1) is 19.6. The molecule has 0 saturated carbocycles. The largest absolute Gasteiger partial charge is 0.494 e. The van der Waals surface area contributed by atoms with Gasteiger partial charge in [0, 0.05) is 16.5 Å². The lowest BCUT2D eigenvalue weighted by Crippen LogP contribution is -2.02. The van der Waals surface area contributed by atoms with Crippen molar-refractivity contribution in [1.82, 2.24) is 0 Å². The minimum absolute atomic E-state index is 0.675.